The molecule has 0 spiro atoms. The average molecular weight is 772 g/mol. The summed E-state index contributed by atoms with van der Waals surface area (Å²) in [4.78, 5) is 29.3. The normalized spacial score (nSPS) is 30.8. The summed E-state index contributed by atoms with van der Waals surface area (Å²) in [5.41, 5.74) is 11.7. The van der Waals surface area contributed by atoms with Crippen molar-refractivity contribution in [1.82, 2.24) is 0 Å². The van der Waals surface area contributed by atoms with Gasteiger partial charge in [-0.1, -0.05) is 86.5 Å². The minimum Gasteiger partial charge on any atom is -0.467 e. The molecule has 2 aromatic carbocycles. The Morgan fingerprint density at radius 1 is 0.907 bits per heavy atom. The van der Waals surface area contributed by atoms with Crippen LogP contribution in [0.3, 0.4) is 0 Å². The van der Waals surface area contributed by atoms with Gasteiger partial charge in [-0.15, -0.1) is 0 Å². The van der Waals surface area contributed by atoms with Gasteiger partial charge in [0.15, 0.2) is 32.8 Å². The van der Waals surface area contributed by atoms with Gasteiger partial charge in [0.05, 0.1) is 26.9 Å². The Balaban J connectivity index is 1.54. The highest BCUT2D eigenvalue weighted by Crippen LogP contribution is 2.43. The van der Waals surface area contributed by atoms with Crippen molar-refractivity contribution in [2.24, 2.45) is 5.11 Å². The Hall–Kier alpha value is -3.41. The summed E-state index contributed by atoms with van der Waals surface area (Å²) in [5.74, 6) is -2.50. The van der Waals surface area contributed by atoms with Crippen molar-refractivity contribution in [3.05, 3.63) is 82.2 Å². The van der Waals surface area contributed by atoms with Crippen LogP contribution < -0.4 is 0 Å². The molecule has 0 N–H and O–H groups in total. The van der Waals surface area contributed by atoms with E-state index in [-0.39, 0.29) is 24.9 Å². The number of azide groups is 1. The fourth-order valence-corrected chi connectivity index (χ4v) is 7.72. The summed E-state index contributed by atoms with van der Waals surface area (Å²) in [7, 11) is -1.37. The van der Waals surface area contributed by atoms with Gasteiger partial charge in [0.2, 0.25) is 0 Å². The molecular weight excluding hydrogens is 719 g/mol. The van der Waals surface area contributed by atoms with Crippen LogP contribution in [0.5, 0.6) is 0 Å². The molecule has 5 rings (SSSR count). The number of carbonyl (C=O) groups excluding carboxylic acids is 2. The van der Waals surface area contributed by atoms with Crippen LogP contribution in [0.2, 0.25) is 18.1 Å². The Morgan fingerprint density at radius 3 is 2.11 bits per heavy atom. The molecule has 0 bridgehead atoms. The Bertz CT molecular complexity index is 1600. The standard InChI is InChI=1S/C38H53N3O12Si/c1-23(42)47-29-27(40-41-39)35(48-26(22-45-20-24-16-12-10-13-17-24)28(29)53-54(8,9)37(2,3)4)49-31-30(46-21-25-18-14-11-15-19-25)33-36(52-38(5,6)51-33)50-32(31)34(43)44-7/h10-19,26-33,35-36H,20-22H2,1-9H3/t26-,27-,28-,29-,30+,31+,32+,33-,35-,36-/m1/s1. The Labute approximate surface area is 317 Å². The van der Waals surface area contributed by atoms with E-state index in [2.05, 4.69) is 43.9 Å². The van der Waals surface area contributed by atoms with Crippen LogP contribution in [0, 0.1) is 0 Å². The molecule has 0 aromatic heterocycles. The number of fused-ring (bicyclic) bond motifs is 1. The van der Waals surface area contributed by atoms with Crippen molar-refractivity contribution in [2.75, 3.05) is 13.7 Å². The smallest absolute Gasteiger partial charge is 0.337 e. The molecule has 54 heavy (non-hydrogen) atoms. The largest absolute Gasteiger partial charge is 0.467 e. The highest BCUT2D eigenvalue weighted by Gasteiger charge is 2.60. The fraction of sp³-hybridized carbons (Fsp3) is 0.632. The second kappa shape index (κ2) is 17.6. The first-order valence-electron chi connectivity index (χ1n) is 18.1. The summed E-state index contributed by atoms with van der Waals surface area (Å²) < 4.78 is 62.5. The van der Waals surface area contributed by atoms with Crippen molar-refractivity contribution in [1.29, 1.82) is 0 Å². The molecule has 0 saturated carbocycles. The van der Waals surface area contributed by atoms with E-state index in [1.54, 1.807) is 13.8 Å². The van der Waals surface area contributed by atoms with Gasteiger partial charge in [-0.3, -0.25) is 4.79 Å². The predicted octanol–water partition coefficient (Wildman–Crippen LogP) is 5.95. The molecule has 296 valence electrons. The molecule has 0 aliphatic carbocycles. The Kier molecular flexibility index (Phi) is 13.6. The van der Waals surface area contributed by atoms with Crippen LogP contribution in [0.15, 0.2) is 65.8 Å². The Morgan fingerprint density at radius 2 is 1.54 bits per heavy atom. The van der Waals surface area contributed by atoms with E-state index in [0.29, 0.717) is 0 Å². The molecular formula is C38H53N3O12Si. The van der Waals surface area contributed by atoms with Crippen LogP contribution in [0.25, 0.3) is 10.4 Å². The number of hydrogen-bond acceptors (Lipinski definition) is 13. The summed E-state index contributed by atoms with van der Waals surface area (Å²) in [6, 6.07) is 17.8. The third kappa shape index (κ3) is 10.1. The fourth-order valence-electron chi connectivity index (χ4n) is 6.40. The van der Waals surface area contributed by atoms with Crippen molar-refractivity contribution < 1.29 is 56.6 Å². The summed E-state index contributed by atoms with van der Waals surface area (Å²) >= 11 is 0. The van der Waals surface area contributed by atoms with Gasteiger partial charge in [0, 0.05) is 11.8 Å². The van der Waals surface area contributed by atoms with E-state index in [0.717, 1.165) is 11.1 Å². The quantitative estimate of drug-likeness (QED) is 0.0727. The van der Waals surface area contributed by atoms with Crippen LogP contribution in [-0.2, 0) is 69.9 Å². The molecule has 0 radical (unpaired) electrons. The maximum Gasteiger partial charge on any atom is 0.337 e. The molecule has 10 atom stereocenters. The van der Waals surface area contributed by atoms with Gasteiger partial charge in [0.25, 0.3) is 0 Å². The lowest BCUT2D eigenvalue weighted by Crippen LogP contribution is -2.66. The van der Waals surface area contributed by atoms with Crippen molar-refractivity contribution >= 4 is 20.3 Å². The van der Waals surface area contributed by atoms with E-state index in [4.69, 9.17) is 47.1 Å². The summed E-state index contributed by atoms with van der Waals surface area (Å²) in [5, 5.41) is 3.81. The minimum atomic E-state index is -2.59. The van der Waals surface area contributed by atoms with Gasteiger partial charge < -0.3 is 47.1 Å². The average Bonchev–Trinajstić information content (AvgIpc) is 3.43. The highest BCUT2D eigenvalue weighted by molar-refractivity contribution is 6.74. The second-order valence-corrected chi connectivity index (χ2v) is 20.3. The number of benzene rings is 2. The lowest BCUT2D eigenvalue weighted by Gasteiger charge is -2.50. The lowest BCUT2D eigenvalue weighted by molar-refractivity contribution is -0.326. The van der Waals surface area contributed by atoms with Crippen LogP contribution >= 0.6 is 0 Å². The molecule has 3 heterocycles. The van der Waals surface area contributed by atoms with Crippen molar-refractivity contribution in [3.8, 4) is 0 Å². The third-order valence-corrected chi connectivity index (χ3v) is 14.5. The number of esters is 2. The highest BCUT2D eigenvalue weighted by atomic mass is 28.4. The number of hydrogen-bond donors (Lipinski definition) is 0. The maximum absolute atomic E-state index is 13.4. The first-order chi connectivity index (χ1) is 25.5. The number of methoxy groups -OCH3 is 1. The van der Waals surface area contributed by atoms with E-state index in [9.17, 15) is 15.1 Å². The monoisotopic (exact) mass is 771 g/mol. The molecule has 3 fully saturated rings. The number of ether oxygens (including phenoxy) is 9. The zero-order valence-electron chi connectivity index (χ0n) is 32.4. The lowest BCUT2D eigenvalue weighted by atomic mass is 9.95. The minimum absolute atomic E-state index is 0.0137. The van der Waals surface area contributed by atoms with Crippen molar-refractivity contribution in [3.63, 3.8) is 0 Å². The van der Waals surface area contributed by atoms with Gasteiger partial charge in [0.1, 0.15) is 42.7 Å². The van der Waals surface area contributed by atoms with E-state index < -0.39 is 87.4 Å². The molecule has 3 saturated heterocycles. The first-order valence-corrected chi connectivity index (χ1v) is 21.0. The van der Waals surface area contributed by atoms with Crippen molar-refractivity contribution in [2.45, 2.75) is 140 Å². The number of nitrogens with zero attached hydrogens (tertiary/aromatic N) is 3. The molecule has 0 amide bonds. The summed E-state index contributed by atoms with van der Waals surface area (Å²) in [6.45, 7) is 15.4. The first kappa shape index (κ1) is 41.7. The third-order valence-electron chi connectivity index (χ3n) is 10.1. The van der Waals surface area contributed by atoms with Gasteiger partial charge >= 0.3 is 11.9 Å². The maximum atomic E-state index is 13.4. The van der Waals surface area contributed by atoms with Gasteiger partial charge in [-0.05, 0) is 48.6 Å². The molecule has 16 heteroatoms. The van der Waals surface area contributed by atoms with E-state index in [1.807, 2.05) is 60.7 Å². The molecule has 2 aromatic rings. The summed E-state index contributed by atoms with van der Waals surface area (Å²) in [6.07, 6.45) is -9.96. The van der Waals surface area contributed by atoms with Crippen LogP contribution in [0.1, 0.15) is 52.7 Å². The molecule has 3 aliphatic heterocycles. The zero-order valence-corrected chi connectivity index (χ0v) is 33.4. The predicted molar refractivity (Wildman–Crippen MR) is 196 cm³/mol. The van der Waals surface area contributed by atoms with E-state index in [1.165, 1.54) is 14.0 Å². The number of rotatable bonds is 14. The number of carbonyl (C=O) groups is 2. The topological polar surface area (TPSA) is 175 Å². The molecule has 3 aliphatic rings. The molecule has 0 unspecified atom stereocenters. The van der Waals surface area contributed by atoms with Crippen LogP contribution in [0.4, 0.5) is 0 Å². The zero-order chi connectivity index (χ0) is 39.3. The second-order valence-electron chi connectivity index (χ2n) is 15.6. The van der Waals surface area contributed by atoms with E-state index >= 15 is 0 Å². The van der Waals surface area contributed by atoms with Crippen LogP contribution in [-0.4, -0.2) is 101 Å². The SMILES string of the molecule is COC(=O)[C@H]1O[C@@H]2OC(C)(C)O[C@@H]2[C@@H](OCc2ccccc2)[C@@H]1O[C@H]1O[C@H](COCc2ccccc2)[C@@H](O[Si](C)(C)C(C)(C)C)[C@H](OC(C)=O)[C@H]1N=[N+]=[N-]. The van der Waals surface area contributed by atoms with Gasteiger partial charge in [-0.2, -0.15) is 0 Å². The van der Waals surface area contributed by atoms with Gasteiger partial charge in [-0.25, -0.2) is 4.79 Å². The molecule has 15 nitrogen and oxygen atoms in total.